The van der Waals surface area contributed by atoms with Gasteiger partial charge in [-0.1, -0.05) is 26.0 Å². The minimum absolute atomic E-state index is 0.0135. The van der Waals surface area contributed by atoms with Gasteiger partial charge < -0.3 is 19.7 Å². The first-order valence-electron chi connectivity index (χ1n) is 9.14. The number of fused-ring (bicyclic) bond motifs is 1. The van der Waals surface area contributed by atoms with Gasteiger partial charge in [-0.15, -0.1) is 0 Å². The number of benzene rings is 2. The van der Waals surface area contributed by atoms with E-state index in [1.54, 1.807) is 0 Å². The highest BCUT2D eigenvalue weighted by Crippen LogP contribution is 2.32. The van der Waals surface area contributed by atoms with Gasteiger partial charge in [-0.3, -0.25) is 4.79 Å². The molecule has 0 spiro atoms. The molecular formula is C21H27N2O3+. The Morgan fingerprint density at radius 1 is 1.15 bits per heavy atom. The first-order valence-corrected chi connectivity index (χ1v) is 9.14. The van der Waals surface area contributed by atoms with Crippen molar-refractivity contribution >= 4 is 11.6 Å². The van der Waals surface area contributed by atoms with E-state index in [2.05, 4.69) is 31.3 Å². The highest BCUT2D eigenvalue weighted by atomic mass is 16.7. The maximum absolute atomic E-state index is 12.3. The van der Waals surface area contributed by atoms with E-state index in [0.29, 0.717) is 12.5 Å². The number of hydrogen-bond donors (Lipinski definition) is 2. The molecule has 3 rings (SSSR count). The third kappa shape index (κ3) is 4.55. The molecule has 0 saturated heterocycles. The summed E-state index contributed by atoms with van der Waals surface area (Å²) in [6.45, 7) is 5.82. The van der Waals surface area contributed by atoms with Gasteiger partial charge in [0.1, 0.15) is 6.54 Å². The third-order valence-corrected chi connectivity index (χ3v) is 4.78. The van der Waals surface area contributed by atoms with E-state index in [1.165, 1.54) is 5.56 Å². The summed E-state index contributed by atoms with van der Waals surface area (Å²) in [5.41, 5.74) is 3.27. The quantitative estimate of drug-likeness (QED) is 0.803. The molecule has 1 unspecified atom stereocenters. The normalized spacial score (nSPS) is 14.7. The zero-order chi connectivity index (χ0) is 18.5. The fourth-order valence-electron chi connectivity index (χ4n) is 3.07. The van der Waals surface area contributed by atoms with Gasteiger partial charge in [0.05, 0.1) is 7.05 Å². The summed E-state index contributed by atoms with van der Waals surface area (Å²) in [5.74, 6) is 2.11. The van der Waals surface area contributed by atoms with E-state index >= 15 is 0 Å². The summed E-state index contributed by atoms with van der Waals surface area (Å²) in [6, 6.07) is 14.1. The Hall–Kier alpha value is -2.53. The number of nitrogens with one attached hydrogen (secondary N) is 2. The molecule has 0 radical (unpaired) electrons. The molecule has 1 amide bonds. The van der Waals surface area contributed by atoms with Crippen LogP contribution in [0.5, 0.6) is 11.5 Å². The molecule has 2 aromatic carbocycles. The molecule has 1 heterocycles. The Kier molecular flexibility index (Phi) is 5.78. The average Bonchev–Trinajstić information content (AvgIpc) is 3.09. The Bertz CT molecular complexity index is 758. The monoisotopic (exact) mass is 355 g/mol. The Morgan fingerprint density at radius 3 is 2.62 bits per heavy atom. The summed E-state index contributed by atoms with van der Waals surface area (Å²) < 4.78 is 10.7. The molecule has 0 fully saturated rings. The fourth-order valence-corrected chi connectivity index (χ4v) is 3.07. The second-order valence-corrected chi connectivity index (χ2v) is 6.98. The van der Waals surface area contributed by atoms with Gasteiger partial charge >= 0.3 is 0 Å². The van der Waals surface area contributed by atoms with E-state index in [-0.39, 0.29) is 12.7 Å². The van der Waals surface area contributed by atoms with Crippen LogP contribution in [-0.2, 0) is 11.3 Å². The van der Waals surface area contributed by atoms with Crippen molar-refractivity contribution in [2.45, 2.75) is 32.7 Å². The third-order valence-electron chi connectivity index (χ3n) is 4.78. The number of likely N-dealkylation sites (N-methyl/N-ethyl adjacent to an activating group) is 1. The van der Waals surface area contributed by atoms with Crippen molar-refractivity contribution in [2.75, 3.05) is 25.7 Å². The zero-order valence-corrected chi connectivity index (χ0v) is 15.7. The minimum atomic E-state index is 0.0135. The summed E-state index contributed by atoms with van der Waals surface area (Å²) in [6.07, 6.45) is 1.11. The SMILES string of the molecule is CC[C@@H](C)c1ccc(NC(=O)C[NH+](C)Cc2ccc3c(c2)OCO3)cc1. The number of quaternary nitrogens is 1. The van der Waals surface area contributed by atoms with Crippen LogP contribution in [0.4, 0.5) is 5.69 Å². The molecule has 0 bridgehead atoms. The molecule has 5 heteroatoms. The molecule has 5 nitrogen and oxygen atoms in total. The number of carbonyl (C=O) groups excluding carboxylic acids is 1. The standard InChI is InChI=1S/C21H26N2O3/c1-4-15(2)17-6-8-18(9-7-17)22-21(24)13-23(3)12-16-5-10-19-20(11-16)26-14-25-19/h5-11,15H,4,12-14H2,1-3H3,(H,22,24)/p+1/t15-/m1/s1. The molecule has 138 valence electrons. The molecule has 2 aromatic rings. The second kappa shape index (κ2) is 8.23. The number of hydrogen-bond acceptors (Lipinski definition) is 3. The summed E-state index contributed by atoms with van der Waals surface area (Å²) in [4.78, 5) is 13.4. The number of amides is 1. The predicted molar refractivity (Wildman–Crippen MR) is 102 cm³/mol. The largest absolute Gasteiger partial charge is 0.454 e. The summed E-state index contributed by atoms with van der Waals surface area (Å²) in [7, 11) is 2.01. The number of anilines is 1. The zero-order valence-electron chi connectivity index (χ0n) is 15.7. The van der Waals surface area contributed by atoms with E-state index in [0.717, 1.165) is 40.6 Å². The van der Waals surface area contributed by atoms with Crippen LogP contribution in [0, 0.1) is 0 Å². The van der Waals surface area contributed by atoms with Crippen LogP contribution in [0.15, 0.2) is 42.5 Å². The van der Waals surface area contributed by atoms with Gasteiger partial charge in [0, 0.05) is 11.3 Å². The maximum Gasteiger partial charge on any atom is 0.279 e. The van der Waals surface area contributed by atoms with E-state index in [1.807, 2.05) is 37.4 Å². The van der Waals surface area contributed by atoms with E-state index in [9.17, 15) is 4.79 Å². The van der Waals surface area contributed by atoms with Crippen molar-refractivity contribution < 1.29 is 19.2 Å². The molecule has 1 aliphatic heterocycles. The second-order valence-electron chi connectivity index (χ2n) is 6.98. The summed E-state index contributed by atoms with van der Waals surface area (Å²) in [5, 5.41) is 2.98. The van der Waals surface area contributed by atoms with Crippen molar-refractivity contribution in [3.63, 3.8) is 0 Å². The van der Waals surface area contributed by atoms with Crippen molar-refractivity contribution in [1.82, 2.24) is 0 Å². The van der Waals surface area contributed by atoms with Crippen LogP contribution in [0.2, 0.25) is 0 Å². The molecule has 1 aliphatic rings. The number of carbonyl (C=O) groups is 1. The van der Waals surface area contributed by atoms with Crippen LogP contribution in [0.3, 0.4) is 0 Å². The predicted octanol–water partition coefficient (Wildman–Crippen LogP) is 2.58. The molecular weight excluding hydrogens is 328 g/mol. The van der Waals surface area contributed by atoms with Crippen molar-refractivity contribution in [1.29, 1.82) is 0 Å². The van der Waals surface area contributed by atoms with Crippen LogP contribution < -0.4 is 19.7 Å². The van der Waals surface area contributed by atoms with Crippen LogP contribution >= 0.6 is 0 Å². The Morgan fingerprint density at radius 2 is 1.88 bits per heavy atom. The Labute approximate surface area is 154 Å². The van der Waals surface area contributed by atoms with E-state index < -0.39 is 0 Å². The molecule has 26 heavy (non-hydrogen) atoms. The van der Waals surface area contributed by atoms with Gasteiger partial charge in [0.2, 0.25) is 6.79 Å². The van der Waals surface area contributed by atoms with Crippen LogP contribution in [0.25, 0.3) is 0 Å². The van der Waals surface area contributed by atoms with Gasteiger partial charge in [-0.25, -0.2) is 0 Å². The average molecular weight is 355 g/mol. The maximum atomic E-state index is 12.3. The lowest BCUT2D eigenvalue weighted by Crippen LogP contribution is -3.08. The smallest absolute Gasteiger partial charge is 0.279 e. The lowest BCUT2D eigenvalue weighted by molar-refractivity contribution is -0.885. The number of ether oxygens (including phenoxy) is 2. The van der Waals surface area contributed by atoms with Gasteiger partial charge in [0.15, 0.2) is 18.0 Å². The van der Waals surface area contributed by atoms with Crippen molar-refractivity contribution in [3.05, 3.63) is 53.6 Å². The molecule has 2 atom stereocenters. The number of rotatable bonds is 7. The first-order chi connectivity index (χ1) is 12.5. The lowest BCUT2D eigenvalue weighted by Gasteiger charge is -2.15. The van der Waals surface area contributed by atoms with Gasteiger partial charge in [-0.05, 0) is 48.2 Å². The molecule has 2 N–H and O–H groups in total. The summed E-state index contributed by atoms with van der Waals surface area (Å²) >= 11 is 0. The van der Waals surface area contributed by atoms with Crippen molar-refractivity contribution in [3.8, 4) is 11.5 Å². The van der Waals surface area contributed by atoms with E-state index in [4.69, 9.17) is 9.47 Å². The highest BCUT2D eigenvalue weighted by molar-refractivity contribution is 5.91. The van der Waals surface area contributed by atoms with Gasteiger partial charge in [-0.2, -0.15) is 0 Å². The van der Waals surface area contributed by atoms with Crippen LogP contribution in [-0.4, -0.2) is 26.3 Å². The molecule has 0 aliphatic carbocycles. The Balaban J connectivity index is 1.51. The van der Waals surface area contributed by atoms with Crippen LogP contribution in [0.1, 0.15) is 37.3 Å². The molecule has 0 saturated carbocycles. The lowest BCUT2D eigenvalue weighted by atomic mass is 9.99. The first kappa shape index (κ1) is 18.3. The molecule has 0 aromatic heterocycles. The van der Waals surface area contributed by atoms with Crippen molar-refractivity contribution in [2.24, 2.45) is 0 Å². The topological polar surface area (TPSA) is 52.0 Å². The van der Waals surface area contributed by atoms with Gasteiger partial charge in [0.25, 0.3) is 5.91 Å². The minimum Gasteiger partial charge on any atom is -0.454 e. The fraction of sp³-hybridized carbons (Fsp3) is 0.381. The highest BCUT2D eigenvalue weighted by Gasteiger charge is 2.16.